The molecule has 0 radical (unpaired) electrons. The molecule has 1 aromatic rings. The van der Waals surface area contributed by atoms with E-state index in [2.05, 4.69) is 4.98 Å². The molecule has 17 heavy (non-hydrogen) atoms. The number of carboxylic acid groups (broad SMARTS) is 1. The van der Waals surface area contributed by atoms with Crippen molar-refractivity contribution in [3.63, 3.8) is 0 Å². The molecule has 0 atom stereocenters. The Morgan fingerprint density at radius 2 is 2.18 bits per heavy atom. The van der Waals surface area contributed by atoms with Gasteiger partial charge in [0.2, 0.25) is 5.91 Å². The maximum absolute atomic E-state index is 11.5. The number of Topliss-reactive ketones (excluding diaryl/α,β-unsaturated/α-hetero) is 1. The van der Waals surface area contributed by atoms with Crippen LogP contribution in [0.25, 0.3) is 0 Å². The fourth-order valence-corrected chi connectivity index (χ4v) is 1.77. The van der Waals surface area contributed by atoms with Crippen LogP contribution in [0.2, 0.25) is 5.15 Å². The first kappa shape index (κ1) is 11.5. The Kier molecular flexibility index (Phi) is 2.81. The van der Waals surface area contributed by atoms with Gasteiger partial charge in [-0.25, -0.2) is 9.78 Å². The molecule has 1 aliphatic rings. The van der Waals surface area contributed by atoms with Gasteiger partial charge in [0.05, 0.1) is 30.4 Å². The molecule has 6 nitrogen and oxygen atoms in total. The number of amides is 1. The van der Waals surface area contributed by atoms with Crippen LogP contribution in [0.1, 0.15) is 16.8 Å². The van der Waals surface area contributed by atoms with Gasteiger partial charge in [-0.05, 0) is 6.07 Å². The molecule has 1 aliphatic heterocycles. The van der Waals surface area contributed by atoms with E-state index in [-0.39, 0.29) is 35.2 Å². The Balaban J connectivity index is 2.48. The number of nitrogens with zero attached hydrogens (tertiary/aromatic N) is 2. The lowest BCUT2D eigenvalue weighted by molar-refractivity contribution is -0.121. The molecule has 0 bridgehead atoms. The average Bonchev–Trinajstić information content (AvgIpc) is 2.57. The predicted molar refractivity (Wildman–Crippen MR) is 58.2 cm³/mol. The molecule has 1 saturated heterocycles. The Morgan fingerprint density at radius 3 is 2.71 bits per heavy atom. The summed E-state index contributed by atoms with van der Waals surface area (Å²) < 4.78 is 0. The Morgan fingerprint density at radius 1 is 1.47 bits per heavy atom. The summed E-state index contributed by atoms with van der Waals surface area (Å²) in [5.41, 5.74) is -0.0502. The number of rotatable bonds is 2. The minimum atomic E-state index is -1.23. The number of aromatic nitrogens is 1. The van der Waals surface area contributed by atoms with Crippen LogP contribution in [-0.4, -0.2) is 34.3 Å². The molecule has 2 heterocycles. The van der Waals surface area contributed by atoms with Crippen LogP contribution >= 0.6 is 11.6 Å². The third-order valence-electron chi connectivity index (χ3n) is 2.35. The average molecular weight is 255 g/mol. The highest BCUT2D eigenvalue weighted by atomic mass is 35.5. The van der Waals surface area contributed by atoms with Crippen molar-refractivity contribution in [2.24, 2.45) is 0 Å². The number of aromatic carboxylic acids is 1. The van der Waals surface area contributed by atoms with Crippen LogP contribution in [0, 0.1) is 0 Å². The molecule has 0 aromatic carbocycles. The summed E-state index contributed by atoms with van der Waals surface area (Å²) in [7, 11) is 0. The van der Waals surface area contributed by atoms with E-state index < -0.39 is 11.9 Å². The van der Waals surface area contributed by atoms with E-state index in [4.69, 9.17) is 16.7 Å². The number of ketones is 1. The molecule has 1 N–H and O–H groups in total. The van der Waals surface area contributed by atoms with Crippen molar-refractivity contribution in [1.82, 2.24) is 4.98 Å². The van der Waals surface area contributed by atoms with E-state index in [1.807, 2.05) is 0 Å². The van der Waals surface area contributed by atoms with Gasteiger partial charge in [0, 0.05) is 0 Å². The quantitative estimate of drug-likeness (QED) is 0.621. The molecule has 0 spiro atoms. The monoisotopic (exact) mass is 254 g/mol. The lowest BCUT2D eigenvalue weighted by atomic mass is 10.2. The van der Waals surface area contributed by atoms with Crippen LogP contribution in [0.5, 0.6) is 0 Å². The summed E-state index contributed by atoms with van der Waals surface area (Å²) in [4.78, 5) is 38.5. The zero-order valence-electron chi connectivity index (χ0n) is 8.51. The zero-order chi connectivity index (χ0) is 12.6. The van der Waals surface area contributed by atoms with Gasteiger partial charge >= 0.3 is 5.97 Å². The Bertz CT molecular complexity index is 529. The van der Waals surface area contributed by atoms with Crippen LogP contribution in [0.3, 0.4) is 0 Å². The summed E-state index contributed by atoms with van der Waals surface area (Å²) in [6.45, 7) is -0.123. The summed E-state index contributed by atoms with van der Waals surface area (Å²) in [6, 6.07) is 1.15. The van der Waals surface area contributed by atoms with E-state index in [9.17, 15) is 14.4 Å². The van der Waals surface area contributed by atoms with Crippen molar-refractivity contribution in [3.05, 3.63) is 23.0 Å². The summed E-state index contributed by atoms with van der Waals surface area (Å²) in [5, 5.41) is 9.01. The van der Waals surface area contributed by atoms with Crippen molar-refractivity contribution in [2.75, 3.05) is 11.4 Å². The molecule has 0 saturated carbocycles. The fourth-order valence-electron chi connectivity index (χ4n) is 1.61. The van der Waals surface area contributed by atoms with Gasteiger partial charge in [0.15, 0.2) is 5.78 Å². The SMILES string of the molecule is O=C1CC(=O)N(c2cnc(Cl)cc2C(=O)O)C1. The Hall–Kier alpha value is -1.95. The third-order valence-corrected chi connectivity index (χ3v) is 2.56. The van der Waals surface area contributed by atoms with Gasteiger partial charge in [0.1, 0.15) is 5.15 Å². The first-order chi connectivity index (χ1) is 7.99. The maximum atomic E-state index is 11.5. The summed E-state index contributed by atoms with van der Waals surface area (Å²) in [6.07, 6.45) is 0.976. The number of carbonyl (C=O) groups is 3. The number of carboxylic acids is 1. The minimum absolute atomic E-state index is 0.0177. The number of halogens is 1. The van der Waals surface area contributed by atoms with Crippen molar-refractivity contribution < 1.29 is 19.5 Å². The van der Waals surface area contributed by atoms with Gasteiger partial charge in [-0.2, -0.15) is 0 Å². The largest absolute Gasteiger partial charge is 0.478 e. The second kappa shape index (κ2) is 4.14. The molecule has 1 aromatic heterocycles. The van der Waals surface area contributed by atoms with Gasteiger partial charge in [-0.15, -0.1) is 0 Å². The molecule has 88 valence electrons. The van der Waals surface area contributed by atoms with E-state index in [0.29, 0.717) is 0 Å². The van der Waals surface area contributed by atoms with E-state index in [1.165, 1.54) is 6.20 Å². The summed E-state index contributed by atoms with van der Waals surface area (Å²) in [5.74, 6) is -1.90. The van der Waals surface area contributed by atoms with Crippen LogP contribution < -0.4 is 4.90 Å². The van der Waals surface area contributed by atoms with E-state index in [0.717, 1.165) is 11.0 Å². The van der Waals surface area contributed by atoms with Crippen molar-refractivity contribution in [2.45, 2.75) is 6.42 Å². The highest BCUT2D eigenvalue weighted by Gasteiger charge is 2.31. The van der Waals surface area contributed by atoms with Crippen molar-refractivity contribution in [3.8, 4) is 0 Å². The number of carbonyl (C=O) groups excluding carboxylic acids is 2. The number of anilines is 1. The van der Waals surface area contributed by atoms with Crippen LogP contribution in [0.4, 0.5) is 5.69 Å². The molecular formula is C10H7ClN2O4. The van der Waals surface area contributed by atoms with Gasteiger partial charge in [-0.1, -0.05) is 11.6 Å². The van der Waals surface area contributed by atoms with Crippen molar-refractivity contribution in [1.29, 1.82) is 0 Å². The second-order valence-corrected chi connectivity index (χ2v) is 3.91. The third kappa shape index (κ3) is 2.12. The highest BCUT2D eigenvalue weighted by Crippen LogP contribution is 2.25. The highest BCUT2D eigenvalue weighted by molar-refractivity contribution is 6.30. The first-order valence-electron chi connectivity index (χ1n) is 4.70. The smallest absolute Gasteiger partial charge is 0.337 e. The summed E-state index contributed by atoms with van der Waals surface area (Å²) >= 11 is 5.59. The zero-order valence-corrected chi connectivity index (χ0v) is 9.27. The number of pyridine rings is 1. The van der Waals surface area contributed by atoms with E-state index in [1.54, 1.807) is 0 Å². The molecule has 2 rings (SSSR count). The lowest BCUT2D eigenvalue weighted by Gasteiger charge is -2.16. The topological polar surface area (TPSA) is 87.6 Å². The fraction of sp³-hybridized carbons (Fsp3) is 0.200. The first-order valence-corrected chi connectivity index (χ1v) is 5.07. The Labute approximate surface area is 101 Å². The van der Waals surface area contributed by atoms with Gasteiger partial charge < -0.3 is 10.0 Å². The standard InChI is InChI=1S/C10H7ClN2O4/c11-8-2-6(10(16)17)7(3-12-8)13-4-5(14)1-9(13)15/h2-3H,1,4H2,(H,16,17). The van der Waals surface area contributed by atoms with Crippen molar-refractivity contribution >= 4 is 34.9 Å². The molecular weight excluding hydrogens is 248 g/mol. The van der Waals surface area contributed by atoms with Gasteiger partial charge in [-0.3, -0.25) is 9.59 Å². The molecule has 0 unspecified atom stereocenters. The molecule has 7 heteroatoms. The molecule has 0 aliphatic carbocycles. The minimum Gasteiger partial charge on any atom is -0.478 e. The van der Waals surface area contributed by atoms with Crippen LogP contribution in [0.15, 0.2) is 12.3 Å². The predicted octanol–water partition coefficient (Wildman–Crippen LogP) is 0.739. The number of hydrogen-bond donors (Lipinski definition) is 1. The van der Waals surface area contributed by atoms with Crippen LogP contribution in [-0.2, 0) is 9.59 Å². The van der Waals surface area contributed by atoms with E-state index >= 15 is 0 Å². The number of hydrogen-bond acceptors (Lipinski definition) is 4. The molecule has 1 fully saturated rings. The molecule has 1 amide bonds. The second-order valence-electron chi connectivity index (χ2n) is 3.52. The normalized spacial score (nSPS) is 15.5. The maximum Gasteiger partial charge on any atom is 0.337 e. The van der Waals surface area contributed by atoms with Gasteiger partial charge in [0.25, 0.3) is 0 Å². The lowest BCUT2D eigenvalue weighted by Crippen LogP contribution is -2.26.